The van der Waals surface area contributed by atoms with E-state index in [2.05, 4.69) is 15.5 Å². The minimum Gasteiger partial charge on any atom is -0.350 e. The van der Waals surface area contributed by atoms with Crippen molar-refractivity contribution in [2.24, 2.45) is 10.8 Å². The Bertz CT molecular complexity index is 597. The highest BCUT2D eigenvalue weighted by Gasteiger charge is 2.02. The fraction of sp³-hybridized carbons (Fsp3) is 0. The smallest absolute Gasteiger partial charge is 0.332 e. The molecule has 2 rings (SSSR count). The average Bonchev–Trinajstić information content (AvgIpc) is 2.28. The Labute approximate surface area is 102 Å². The molecule has 0 aliphatic rings. The van der Waals surface area contributed by atoms with Crippen LogP contribution >= 0.6 is 11.6 Å². The molecule has 1 aromatic heterocycles. The van der Waals surface area contributed by atoms with Gasteiger partial charge in [0.2, 0.25) is 0 Å². The number of rotatable bonds is 2. The van der Waals surface area contributed by atoms with Crippen LogP contribution in [0.1, 0.15) is 5.56 Å². The summed E-state index contributed by atoms with van der Waals surface area (Å²) in [6, 6.07) is 6.51. The van der Waals surface area contributed by atoms with Crippen molar-refractivity contribution in [2.45, 2.75) is 0 Å². The third-order valence-electron chi connectivity index (χ3n) is 2.08. The van der Waals surface area contributed by atoms with Crippen LogP contribution in [0.4, 0.5) is 4.79 Å². The van der Waals surface area contributed by atoms with Gasteiger partial charge < -0.3 is 5.73 Å². The van der Waals surface area contributed by atoms with Gasteiger partial charge in [-0.25, -0.2) is 10.2 Å². The molecule has 0 aliphatic carbocycles. The van der Waals surface area contributed by atoms with Crippen LogP contribution in [0.3, 0.4) is 0 Å². The van der Waals surface area contributed by atoms with Gasteiger partial charge >= 0.3 is 6.03 Å². The zero-order valence-corrected chi connectivity index (χ0v) is 9.48. The molecule has 1 aromatic carbocycles. The van der Waals surface area contributed by atoms with Gasteiger partial charge in [0.15, 0.2) is 0 Å². The Kier molecular flexibility index (Phi) is 3.20. The summed E-state index contributed by atoms with van der Waals surface area (Å²) in [4.78, 5) is 14.7. The van der Waals surface area contributed by atoms with Crippen molar-refractivity contribution in [1.82, 2.24) is 10.4 Å². The number of pyridine rings is 1. The molecule has 0 unspecified atom stereocenters. The van der Waals surface area contributed by atoms with Gasteiger partial charge in [0.05, 0.1) is 11.7 Å². The number of hydrogen-bond acceptors (Lipinski definition) is 3. The van der Waals surface area contributed by atoms with E-state index in [4.69, 9.17) is 17.3 Å². The van der Waals surface area contributed by atoms with Crippen LogP contribution in [-0.4, -0.2) is 17.2 Å². The molecule has 5 nitrogen and oxygen atoms in total. The summed E-state index contributed by atoms with van der Waals surface area (Å²) >= 11 is 5.96. The minimum atomic E-state index is -0.722. The first-order valence-corrected chi connectivity index (χ1v) is 5.17. The van der Waals surface area contributed by atoms with Crippen LogP contribution in [0.5, 0.6) is 0 Å². The highest BCUT2D eigenvalue weighted by Crippen LogP contribution is 2.20. The van der Waals surface area contributed by atoms with Crippen LogP contribution in [0.2, 0.25) is 5.02 Å². The third kappa shape index (κ3) is 2.70. The summed E-state index contributed by atoms with van der Waals surface area (Å²) in [5.74, 6) is 0. The lowest BCUT2D eigenvalue weighted by Crippen LogP contribution is -2.24. The lowest BCUT2D eigenvalue weighted by atomic mass is 10.1. The molecule has 0 bridgehead atoms. The van der Waals surface area contributed by atoms with E-state index in [9.17, 15) is 4.79 Å². The van der Waals surface area contributed by atoms with E-state index in [-0.39, 0.29) is 0 Å². The van der Waals surface area contributed by atoms with Gasteiger partial charge in [0, 0.05) is 22.2 Å². The maximum atomic E-state index is 10.5. The molecule has 0 saturated carbocycles. The second kappa shape index (κ2) is 4.80. The number of halogens is 1. The molecule has 0 aliphatic heterocycles. The number of benzene rings is 1. The van der Waals surface area contributed by atoms with Gasteiger partial charge in [0.25, 0.3) is 0 Å². The average molecular weight is 249 g/mol. The van der Waals surface area contributed by atoms with Crippen molar-refractivity contribution in [3.63, 3.8) is 0 Å². The molecule has 0 radical (unpaired) electrons. The summed E-state index contributed by atoms with van der Waals surface area (Å²) in [7, 11) is 0. The number of hydrazone groups is 1. The van der Waals surface area contributed by atoms with Gasteiger partial charge in [-0.3, -0.25) is 4.98 Å². The Morgan fingerprint density at radius 2 is 2.35 bits per heavy atom. The number of primary amides is 1. The van der Waals surface area contributed by atoms with Crippen molar-refractivity contribution >= 4 is 34.7 Å². The van der Waals surface area contributed by atoms with Gasteiger partial charge in [-0.05, 0) is 18.2 Å². The summed E-state index contributed by atoms with van der Waals surface area (Å²) < 4.78 is 0. The van der Waals surface area contributed by atoms with Crippen LogP contribution in [0, 0.1) is 0 Å². The van der Waals surface area contributed by atoms with E-state index in [1.165, 1.54) is 6.21 Å². The third-order valence-corrected chi connectivity index (χ3v) is 2.30. The van der Waals surface area contributed by atoms with E-state index in [0.717, 1.165) is 10.9 Å². The highest BCUT2D eigenvalue weighted by molar-refractivity contribution is 6.31. The molecule has 17 heavy (non-hydrogen) atoms. The standard InChI is InChI=1S/C11H9ClN4O/c12-9-4-7-2-1-3-14-10(7)8(5-9)6-15-16-11(13)17/h1-6H,(H3,13,16,17). The van der Waals surface area contributed by atoms with E-state index in [0.29, 0.717) is 10.6 Å². The number of aromatic nitrogens is 1. The van der Waals surface area contributed by atoms with Gasteiger partial charge in [-0.15, -0.1) is 0 Å². The normalized spacial score (nSPS) is 10.9. The van der Waals surface area contributed by atoms with Crippen molar-refractivity contribution < 1.29 is 4.79 Å². The van der Waals surface area contributed by atoms with Crippen molar-refractivity contribution in [1.29, 1.82) is 0 Å². The maximum Gasteiger partial charge on any atom is 0.332 e. The fourth-order valence-electron chi connectivity index (χ4n) is 1.45. The zero-order chi connectivity index (χ0) is 12.3. The topological polar surface area (TPSA) is 80.4 Å². The molecule has 0 fully saturated rings. The summed E-state index contributed by atoms with van der Waals surface area (Å²) in [5.41, 5.74) is 8.48. The number of nitrogens with zero attached hydrogens (tertiary/aromatic N) is 2. The molecule has 0 spiro atoms. The van der Waals surface area contributed by atoms with Gasteiger partial charge in [0.1, 0.15) is 0 Å². The van der Waals surface area contributed by atoms with Crippen LogP contribution in [0.25, 0.3) is 10.9 Å². The Balaban J connectivity index is 2.45. The Morgan fingerprint density at radius 3 is 3.12 bits per heavy atom. The first-order valence-electron chi connectivity index (χ1n) is 4.79. The number of carbonyl (C=O) groups excluding carboxylic acids is 1. The summed E-state index contributed by atoms with van der Waals surface area (Å²) in [6.45, 7) is 0. The molecular formula is C11H9ClN4O. The first-order chi connectivity index (χ1) is 8.16. The lowest BCUT2D eigenvalue weighted by Gasteiger charge is -2.01. The molecule has 1 heterocycles. The lowest BCUT2D eigenvalue weighted by molar-refractivity contribution is 0.249. The molecule has 2 amide bonds. The predicted octanol–water partition coefficient (Wildman–Crippen LogP) is 1.89. The SMILES string of the molecule is NC(=O)NN=Cc1cc(Cl)cc2cccnc12. The number of carbonyl (C=O) groups is 1. The Morgan fingerprint density at radius 1 is 1.53 bits per heavy atom. The number of urea groups is 1. The fourth-order valence-corrected chi connectivity index (χ4v) is 1.68. The van der Waals surface area contributed by atoms with Crippen molar-refractivity contribution in [3.8, 4) is 0 Å². The quantitative estimate of drug-likeness (QED) is 0.629. The maximum absolute atomic E-state index is 10.5. The number of fused-ring (bicyclic) bond motifs is 1. The molecule has 6 heteroatoms. The monoisotopic (exact) mass is 248 g/mol. The van der Waals surface area contributed by atoms with Crippen LogP contribution in [-0.2, 0) is 0 Å². The van der Waals surface area contributed by atoms with Gasteiger partial charge in [-0.1, -0.05) is 17.7 Å². The summed E-state index contributed by atoms with van der Waals surface area (Å²) in [5, 5.41) is 5.16. The second-order valence-electron chi connectivity index (χ2n) is 3.30. The number of amides is 2. The molecule has 0 atom stereocenters. The molecule has 0 saturated heterocycles. The molecule has 2 aromatic rings. The summed E-state index contributed by atoms with van der Waals surface area (Å²) in [6.07, 6.45) is 3.13. The van der Waals surface area contributed by atoms with E-state index in [1.54, 1.807) is 12.3 Å². The molecule has 3 N–H and O–H groups in total. The van der Waals surface area contributed by atoms with E-state index in [1.807, 2.05) is 18.2 Å². The van der Waals surface area contributed by atoms with Crippen molar-refractivity contribution in [3.05, 3.63) is 41.0 Å². The van der Waals surface area contributed by atoms with Crippen LogP contribution in [0.15, 0.2) is 35.6 Å². The largest absolute Gasteiger partial charge is 0.350 e. The predicted molar refractivity (Wildman–Crippen MR) is 67.1 cm³/mol. The highest BCUT2D eigenvalue weighted by atomic mass is 35.5. The van der Waals surface area contributed by atoms with E-state index >= 15 is 0 Å². The molecule has 86 valence electrons. The second-order valence-corrected chi connectivity index (χ2v) is 3.74. The number of hydrogen-bond donors (Lipinski definition) is 2. The number of nitrogens with one attached hydrogen (secondary N) is 1. The zero-order valence-electron chi connectivity index (χ0n) is 8.72. The van der Waals surface area contributed by atoms with Crippen LogP contribution < -0.4 is 11.2 Å². The molecular weight excluding hydrogens is 240 g/mol. The number of nitrogens with two attached hydrogens (primary N) is 1. The first kappa shape index (κ1) is 11.3. The van der Waals surface area contributed by atoms with Crippen molar-refractivity contribution in [2.75, 3.05) is 0 Å². The Hall–Kier alpha value is -2.14. The van der Waals surface area contributed by atoms with Gasteiger partial charge in [-0.2, -0.15) is 5.10 Å². The van der Waals surface area contributed by atoms with E-state index < -0.39 is 6.03 Å². The minimum absolute atomic E-state index is 0.575.